The average molecular weight is 391 g/mol. The van der Waals surface area contributed by atoms with Crippen molar-refractivity contribution in [1.29, 1.82) is 0 Å². The van der Waals surface area contributed by atoms with Crippen molar-refractivity contribution in [1.82, 2.24) is 0 Å². The molecule has 0 bridgehead atoms. The van der Waals surface area contributed by atoms with Gasteiger partial charge in [-0.25, -0.2) is 0 Å². The van der Waals surface area contributed by atoms with E-state index in [1.54, 1.807) is 42.5 Å². The zero-order valence-electron chi connectivity index (χ0n) is 13.7. The van der Waals surface area contributed by atoms with Crippen LogP contribution in [0.3, 0.4) is 0 Å². The van der Waals surface area contributed by atoms with E-state index in [-0.39, 0.29) is 17.9 Å². The molecule has 0 aliphatic rings. The van der Waals surface area contributed by atoms with Crippen molar-refractivity contribution < 1.29 is 14.3 Å². The number of hydrogen-bond donors (Lipinski definition) is 2. The molecule has 126 valence electrons. The molecule has 0 radical (unpaired) electrons. The van der Waals surface area contributed by atoms with Crippen LogP contribution in [-0.4, -0.2) is 17.9 Å². The number of carbonyl (C=O) groups excluding carboxylic acids is 2. The first-order chi connectivity index (χ1) is 11.3. The highest BCUT2D eigenvalue weighted by molar-refractivity contribution is 9.10. The predicted molar refractivity (Wildman–Crippen MR) is 98.6 cm³/mol. The Balaban J connectivity index is 2.12. The molecular weight excluding hydrogens is 372 g/mol. The number of halogens is 1. The standard InChI is InChI=1S/C18H19BrN2O3/c1-11(2)24-17-8-7-13(9-16(17)19)18(23)21-15-6-4-5-14(10-15)20-12(3)22/h4-11H,1-3H3,(H,20,22)(H,21,23). The van der Waals surface area contributed by atoms with Gasteiger partial charge in [0.2, 0.25) is 5.91 Å². The summed E-state index contributed by atoms with van der Waals surface area (Å²) in [6, 6.07) is 12.1. The van der Waals surface area contributed by atoms with Gasteiger partial charge in [-0.05, 0) is 66.2 Å². The van der Waals surface area contributed by atoms with Crippen LogP contribution in [0.2, 0.25) is 0 Å². The molecule has 2 N–H and O–H groups in total. The van der Waals surface area contributed by atoms with Gasteiger partial charge < -0.3 is 15.4 Å². The lowest BCUT2D eigenvalue weighted by Gasteiger charge is -2.13. The van der Waals surface area contributed by atoms with Crippen molar-refractivity contribution >= 4 is 39.1 Å². The lowest BCUT2D eigenvalue weighted by molar-refractivity contribution is -0.114. The fourth-order valence-corrected chi connectivity index (χ4v) is 2.55. The third-order valence-electron chi connectivity index (χ3n) is 3.00. The highest BCUT2D eigenvalue weighted by Crippen LogP contribution is 2.27. The second-order valence-electron chi connectivity index (χ2n) is 5.53. The third-order valence-corrected chi connectivity index (χ3v) is 3.62. The molecule has 24 heavy (non-hydrogen) atoms. The molecule has 0 atom stereocenters. The SMILES string of the molecule is CC(=O)Nc1cccc(NC(=O)c2ccc(OC(C)C)c(Br)c2)c1. The van der Waals surface area contributed by atoms with Crippen LogP contribution in [-0.2, 0) is 4.79 Å². The summed E-state index contributed by atoms with van der Waals surface area (Å²) in [5.41, 5.74) is 1.73. The number of rotatable bonds is 5. The number of amides is 2. The summed E-state index contributed by atoms with van der Waals surface area (Å²) in [4.78, 5) is 23.5. The van der Waals surface area contributed by atoms with Gasteiger partial charge >= 0.3 is 0 Å². The number of carbonyl (C=O) groups is 2. The van der Waals surface area contributed by atoms with Crippen molar-refractivity contribution in [2.45, 2.75) is 26.9 Å². The summed E-state index contributed by atoms with van der Waals surface area (Å²) < 4.78 is 6.35. The summed E-state index contributed by atoms with van der Waals surface area (Å²) in [5.74, 6) is 0.282. The predicted octanol–water partition coefficient (Wildman–Crippen LogP) is 4.45. The zero-order valence-corrected chi connectivity index (χ0v) is 15.3. The maximum absolute atomic E-state index is 12.4. The Morgan fingerprint density at radius 2 is 1.71 bits per heavy atom. The van der Waals surface area contributed by atoms with E-state index in [2.05, 4.69) is 26.6 Å². The summed E-state index contributed by atoms with van der Waals surface area (Å²) in [7, 11) is 0. The van der Waals surface area contributed by atoms with Crippen LogP contribution in [0.4, 0.5) is 11.4 Å². The Kier molecular flexibility index (Phi) is 5.98. The van der Waals surface area contributed by atoms with Crippen molar-refractivity contribution in [3.05, 3.63) is 52.5 Å². The van der Waals surface area contributed by atoms with Gasteiger partial charge in [0.1, 0.15) is 5.75 Å². The minimum Gasteiger partial charge on any atom is -0.490 e. The van der Waals surface area contributed by atoms with E-state index >= 15 is 0 Å². The van der Waals surface area contributed by atoms with E-state index < -0.39 is 0 Å². The largest absolute Gasteiger partial charge is 0.490 e. The molecule has 0 heterocycles. The van der Waals surface area contributed by atoms with Crippen LogP contribution in [0.5, 0.6) is 5.75 Å². The van der Waals surface area contributed by atoms with E-state index in [9.17, 15) is 9.59 Å². The van der Waals surface area contributed by atoms with Crippen LogP contribution in [0, 0.1) is 0 Å². The highest BCUT2D eigenvalue weighted by atomic mass is 79.9. The van der Waals surface area contributed by atoms with Gasteiger partial charge in [-0.15, -0.1) is 0 Å². The van der Waals surface area contributed by atoms with Crippen LogP contribution in [0.1, 0.15) is 31.1 Å². The lowest BCUT2D eigenvalue weighted by atomic mass is 10.2. The molecular formula is C18H19BrN2O3. The molecule has 0 aliphatic carbocycles. The lowest BCUT2D eigenvalue weighted by Crippen LogP contribution is -2.13. The van der Waals surface area contributed by atoms with Crippen LogP contribution < -0.4 is 15.4 Å². The van der Waals surface area contributed by atoms with Gasteiger partial charge in [0, 0.05) is 23.9 Å². The second kappa shape index (κ2) is 7.97. The fraction of sp³-hybridized carbons (Fsp3) is 0.222. The molecule has 0 saturated heterocycles. The molecule has 0 unspecified atom stereocenters. The van der Waals surface area contributed by atoms with Gasteiger partial charge in [0.05, 0.1) is 10.6 Å². The average Bonchev–Trinajstić information content (AvgIpc) is 2.48. The maximum Gasteiger partial charge on any atom is 0.255 e. The summed E-state index contributed by atoms with van der Waals surface area (Å²) in [6.07, 6.45) is 0.0532. The molecule has 0 fully saturated rings. The van der Waals surface area contributed by atoms with Crippen LogP contribution >= 0.6 is 15.9 Å². The molecule has 2 aromatic rings. The first-order valence-corrected chi connectivity index (χ1v) is 8.29. The molecule has 0 spiro atoms. The Bertz CT molecular complexity index is 760. The normalized spacial score (nSPS) is 10.4. The fourth-order valence-electron chi connectivity index (χ4n) is 2.07. The summed E-state index contributed by atoms with van der Waals surface area (Å²) in [6.45, 7) is 5.31. The van der Waals surface area contributed by atoms with E-state index in [4.69, 9.17) is 4.74 Å². The summed E-state index contributed by atoms with van der Waals surface area (Å²) >= 11 is 3.42. The van der Waals surface area contributed by atoms with Crippen LogP contribution in [0.15, 0.2) is 46.9 Å². The monoisotopic (exact) mass is 390 g/mol. The molecule has 0 saturated carbocycles. The third kappa shape index (κ3) is 5.09. The minimum atomic E-state index is -0.244. The van der Waals surface area contributed by atoms with Crippen molar-refractivity contribution in [3.8, 4) is 5.75 Å². The molecule has 6 heteroatoms. The first-order valence-electron chi connectivity index (χ1n) is 7.50. The first kappa shape index (κ1) is 18.0. The van der Waals surface area contributed by atoms with Crippen molar-refractivity contribution in [2.75, 3.05) is 10.6 Å². The van der Waals surface area contributed by atoms with Crippen LogP contribution in [0.25, 0.3) is 0 Å². The summed E-state index contributed by atoms with van der Waals surface area (Å²) in [5, 5.41) is 5.49. The van der Waals surface area contributed by atoms with E-state index in [1.807, 2.05) is 13.8 Å². The van der Waals surface area contributed by atoms with Gasteiger partial charge in [0.15, 0.2) is 0 Å². The van der Waals surface area contributed by atoms with E-state index in [1.165, 1.54) is 6.92 Å². The smallest absolute Gasteiger partial charge is 0.255 e. The molecule has 2 amide bonds. The van der Waals surface area contributed by atoms with E-state index in [0.717, 1.165) is 4.47 Å². The Morgan fingerprint density at radius 3 is 2.29 bits per heavy atom. The zero-order chi connectivity index (χ0) is 17.7. The minimum absolute atomic E-state index is 0.0532. The number of anilines is 2. The van der Waals surface area contributed by atoms with Crippen molar-refractivity contribution in [2.24, 2.45) is 0 Å². The molecule has 2 aromatic carbocycles. The topological polar surface area (TPSA) is 67.4 Å². The van der Waals surface area contributed by atoms with Crippen molar-refractivity contribution in [3.63, 3.8) is 0 Å². The van der Waals surface area contributed by atoms with Gasteiger partial charge in [-0.1, -0.05) is 6.07 Å². The number of nitrogens with one attached hydrogen (secondary N) is 2. The maximum atomic E-state index is 12.4. The Morgan fingerprint density at radius 1 is 1.04 bits per heavy atom. The van der Waals surface area contributed by atoms with Gasteiger partial charge in [0.25, 0.3) is 5.91 Å². The van der Waals surface area contributed by atoms with Gasteiger partial charge in [-0.3, -0.25) is 9.59 Å². The molecule has 5 nitrogen and oxygen atoms in total. The molecule has 0 aromatic heterocycles. The molecule has 0 aliphatic heterocycles. The number of hydrogen-bond acceptors (Lipinski definition) is 3. The number of ether oxygens (including phenoxy) is 1. The van der Waals surface area contributed by atoms with Gasteiger partial charge in [-0.2, -0.15) is 0 Å². The number of benzene rings is 2. The highest BCUT2D eigenvalue weighted by Gasteiger charge is 2.11. The quantitative estimate of drug-likeness (QED) is 0.792. The molecule has 2 rings (SSSR count). The second-order valence-corrected chi connectivity index (χ2v) is 6.38. The Labute approximate surface area is 149 Å². The Hall–Kier alpha value is -2.34. The van der Waals surface area contributed by atoms with E-state index in [0.29, 0.717) is 22.7 Å².